The Morgan fingerprint density at radius 2 is 2.12 bits per heavy atom. The predicted octanol–water partition coefficient (Wildman–Crippen LogP) is 5.83. The summed E-state index contributed by atoms with van der Waals surface area (Å²) in [6.45, 7) is 7.32. The van der Waals surface area contributed by atoms with Gasteiger partial charge in [-0.25, -0.2) is 0 Å². The monoisotopic (exact) mass is 391 g/mol. The van der Waals surface area contributed by atoms with Crippen molar-refractivity contribution in [2.24, 2.45) is 5.92 Å². The molecule has 4 nitrogen and oxygen atoms in total. The molecule has 0 bridgehead atoms. The molecule has 0 amide bonds. The van der Waals surface area contributed by atoms with Gasteiger partial charge in [0.25, 0.3) is 0 Å². The van der Waals surface area contributed by atoms with Gasteiger partial charge in [-0.05, 0) is 56.8 Å². The summed E-state index contributed by atoms with van der Waals surface area (Å²) in [5, 5.41) is 5.81. The number of halogens is 2. The number of fused-ring (bicyclic) bond motifs is 1. The third-order valence-electron chi connectivity index (χ3n) is 4.92. The van der Waals surface area contributed by atoms with Crippen molar-refractivity contribution in [3.63, 3.8) is 0 Å². The van der Waals surface area contributed by atoms with Gasteiger partial charge in [-0.2, -0.15) is 9.61 Å². The second kappa shape index (κ2) is 7.26. The maximum Gasteiger partial charge on any atom is 0.226 e. The first-order valence-electron chi connectivity index (χ1n) is 9.20. The standard InChI is InChI=1S/C20H23Cl2N3O/c1-3-8-24(11-14-4-5-14)12-15-10-23-25-19(13(2)26-20(15)25)17-7-6-16(21)9-18(17)22/h6-7,9-10,14H,3-5,8,11-12H2,1-2H3. The highest BCUT2D eigenvalue weighted by atomic mass is 35.5. The lowest BCUT2D eigenvalue weighted by atomic mass is 10.1. The largest absolute Gasteiger partial charge is 0.441 e. The van der Waals surface area contributed by atoms with Gasteiger partial charge < -0.3 is 4.42 Å². The number of aryl methyl sites for hydroxylation is 1. The van der Waals surface area contributed by atoms with Crippen LogP contribution in [0.2, 0.25) is 10.0 Å². The second-order valence-electron chi connectivity index (χ2n) is 7.20. The number of oxazole rings is 1. The van der Waals surface area contributed by atoms with Crippen LogP contribution in [0.25, 0.3) is 17.0 Å². The smallest absolute Gasteiger partial charge is 0.226 e. The molecule has 0 saturated heterocycles. The van der Waals surface area contributed by atoms with Crippen LogP contribution in [0.15, 0.2) is 28.8 Å². The molecule has 0 atom stereocenters. The third kappa shape index (κ3) is 3.51. The van der Waals surface area contributed by atoms with E-state index in [4.69, 9.17) is 27.6 Å². The molecule has 2 heterocycles. The molecule has 26 heavy (non-hydrogen) atoms. The Balaban J connectivity index is 1.68. The van der Waals surface area contributed by atoms with Crippen molar-refractivity contribution in [2.45, 2.75) is 39.7 Å². The van der Waals surface area contributed by atoms with Crippen molar-refractivity contribution in [1.29, 1.82) is 0 Å². The van der Waals surface area contributed by atoms with Gasteiger partial charge in [0.15, 0.2) is 0 Å². The summed E-state index contributed by atoms with van der Waals surface area (Å²) in [7, 11) is 0. The highest BCUT2D eigenvalue weighted by molar-refractivity contribution is 6.36. The van der Waals surface area contributed by atoms with Gasteiger partial charge in [0.05, 0.1) is 11.2 Å². The van der Waals surface area contributed by atoms with Crippen LogP contribution in [-0.4, -0.2) is 27.6 Å². The van der Waals surface area contributed by atoms with Crippen LogP contribution >= 0.6 is 23.2 Å². The molecule has 0 N–H and O–H groups in total. The van der Waals surface area contributed by atoms with E-state index in [0.29, 0.717) is 10.0 Å². The van der Waals surface area contributed by atoms with Crippen molar-refractivity contribution in [2.75, 3.05) is 13.1 Å². The zero-order chi connectivity index (χ0) is 18.3. The Kier molecular flexibility index (Phi) is 5.00. The summed E-state index contributed by atoms with van der Waals surface area (Å²) in [4.78, 5) is 2.52. The Morgan fingerprint density at radius 3 is 2.81 bits per heavy atom. The Hall–Kier alpha value is -1.49. The van der Waals surface area contributed by atoms with Crippen LogP contribution in [0.1, 0.15) is 37.5 Å². The molecule has 4 rings (SSSR count). The lowest BCUT2D eigenvalue weighted by Crippen LogP contribution is -2.26. The van der Waals surface area contributed by atoms with E-state index in [2.05, 4.69) is 16.9 Å². The molecule has 1 aliphatic rings. The first kappa shape index (κ1) is 17.9. The number of benzene rings is 1. The van der Waals surface area contributed by atoms with E-state index >= 15 is 0 Å². The number of rotatable bonds is 7. The molecule has 6 heteroatoms. The quantitative estimate of drug-likeness (QED) is 0.507. The molecule has 1 aliphatic carbocycles. The maximum atomic E-state index is 6.41. The molecule has 2 aromatic heterocycles. The normalized spacial score (nSPS) is 14.7. The topological polar surface area (TPSA) is 33.7 Å². The van der Waals surface area contributed by atoms with Crippen LogP contribution in [0.4, 0.5) is 0 Å². The van der Waals surface area contributed by atoms with Gasteiger partial charge in [-0.15, -0.1) is 0 Å². The summed E-state index contributed by atoms with van der Waals surface area (Å²) in [5.41, 5.74) is 3.70. The summed E-state index contributed by atoms with van der Waals surface area (Å²) < 4.78 is 7.95. The molecule has 1 aromatic carbocycles. The van der Waals surface area contributed by atoms with Crippen LogP contribution in [-0.2, 0) is 6.54 Å². The first-order chi connectivity index (χ1) is 12.6. The fourth-order valence-corrected chi connectivity index (χ4v) is 4.03. The van der Waals surface area contributed by atoms with Gasteiger partial charge in [-0.1, -0.05) is 30.1 Å². The van der Waals surface area contributed by atoms with Crippen molar-refractivity contribution in [1.82, 2.24) is 14.5 Å². The highest BCUT2D eigenvalue weighted by Crippen LogP contribution is 2.35. The minimum Gasteiger partial charge on any atom is -0.441 e. The van der Waals surface area contributed by atoms with E-state index in [-0.39, 0.29) is 0 Å². The van der Waals surface area contributed by atoms with Gasteiger partial charge in [0.2, 0.25) is 5.71 Å². The molecule has 138 valence electrons. The molecule has 0 radical (unpaired) electrons. The van der Waals surface area contributed by atoms with E-state index in [1.54, 1.807) is 6.07 Å². The maximum absolute atomic E-state index is 6.41. The van der Waals surface area contributed by atoms with Crippen molar-refractivity contribution < 1.29 is 4.42 Å². The van der Waals surface area contributed by atoms with Gasteiger partial charge >= 0.3 is 0 Å². The third-order valence-corrected chi connectivity index (χ3v) is 5.47. The predicted molar refractivity (Wildman–Crippen MR) is 106 cm³/mol. The minimum atomic E-state index is 0.599. The van der Waals surface area contributed by atoms with E-state index in [9.17, 15) is 0 Å². The lowest BCUT2D eigenvalue weighted by Gasteiger charge is -2.20. The zero-order valence-electron chi connectivity index (χ0n) is 15.1. The van der Waals surface area contributed by atoms with Crippen LogP contribution in [0.5, 0.6) is 0 Å². The number of hydrogen-bond donors (Lipinski definition) is 0. The molecule has 0 aliphatic heterocycles. The number of nitrogens with zero attached hydrogens (tertiary/aromatic N) is 3. The van der Waals surface area contributed by atoms with Crippen molar-refractivity contribution in [3.05, 3.63) is 45.8 Å². The van der Waals surface area contributed by atoms with Crippen molar-refractivity contribution in [3.8, 4) is 11.3 Å². The second-order valence-corrected chi connectivity index (χ2v) is 8.04. The fraction of sp³-hybridized carbons (Fsp3) is 0.450. The summed E-state index contributed by atoms with van der Waals surface area (Å²) >= 11 is 12.5. The molecule has 0 unspecified atom stereocenters. The Labute approximate surface area is 163 Å². The lowest BCUT2D eigenvalue weighted by molar-refractivity contribution is 0.255. The Morgan fingerprint density at radius 1 is 1.31 bits per heavy atom. The van der Waals surface area contributed by atoms with E-state index in [0.717, 1.165) is 53.7 Å². The van der Waals surface area contributed by atoms with Gasteiger partial charge in [0, 0.05) is 29.2 Å². The van der Waals surface area contributed by atoms with Gasteiger partial charge in [-0.3, -0.25) is 4.90 Å². The highest BCUT2D eigenvalue weighted by Gasteiger charge is 2.25. The van der Waals surface area contributed by atoms with Crippen LogP contribution in [0, 0.1) is 12.8 Å². The molecule has 1 saturated carbocycles. The number of hydrogen-bond acceptors (Lipinski definition) is 3. The van der Waals surface area contributed by atoms with E-state index < -0.39 is 0 Å². The fourth-order valence-electron chi connectivity index (χ4n) is 3.53. The van der Waals surface area contributed by atoms with Crippen LogP contribution in [0.3, 0.4) is 0 Å². The number of aromatic nitrogens is 2. The SMILES string of the molecule is CCCN(Cc1cnn2c(-c3ccc(Cl)cc3Cl)c(C)oc12)CC1CC1. The van der Waals surface area contributed by atoms with E-state index in [1.807, 2.05) is 29.8 Å². The average Bonchev–Trinajstić information content (AvgIpc) is 3.24. The minimum absolute atomic E-state index is 0.599. The van der Waals surface area contributed by atoms with E-state index in [1.165, 1.54) is 19.4 Å². The molecular formula is C20H23Cl2N3O. The average molecular weight is 392 g/mol. The van der Waals surface area contributed by atoms with Gasteiger partial charge in [0.1, 0.15) is 11.5 Å². The zero-order valence-corrected chi connectivity index (χ0v) is 16.6. The van der Waals surface area contributed by atoms with Crippen molar-refractivity contribution >= 4 is 28.9 Å². The Bertz CT molecular complexity index is 927. The first-order valence-corrected chi connectivity index (χ1v) is 9.96. The molecule has 1 fully saturated rings. The molecular weight excluding hydrogens is 369 g/mol. The summed E-state index contributed by atoms with van der Waals surface area (Å²) in [6, 6.07) is 5.50. The summed E-state index contributed by atoms with van der Waals surface area (Å²) in [5.74, 6) is 1.68. The molecule has 0 spiro atoms. The summed E-state index contributed by atoms with van der Waals surface area (Å²) in [6.07, 6.45) is 5.80. The van der Waals surface area contributed by atoms with Crippen LogP contribution < -0.4 is 0 Å². The molecule has 3 aromatic rings.